The third-order valence-electron chi connectivity index (χ3n) is 4.59. The molecule has 0 saturated heterocycles. The maximum Gasteiger partial charge on any atom is 0.197 e. The number of hydrogen-bond acceptors (Lipinski definition) is 5. The first-order valence-electron chi connectivity index (χ1n) is 8.20. The van der Waals surface area contributed by atoms with Gasteiger partial charge in [0.15, 0.2) is 40.5 Å². The van der Waals surface area contributed by atoms with Crippen LogP contribution in [0, 0.1) is 17.5 Å². The van der Waals surface area contributed by atoms with E-state index in [0.29, 0.717) is 0 Å². The number of anilines is 2. The third-order valence-corrected chi connectivity index (χ3v) is 5.22. The van der Waals surface area contributed by atoms with Crippen LogP contribution in [-0.2, 0) is 0 Å². The van der Waals surface area contributed by atoms with Gasteiger partial charge >= 0.3 is 0 Å². The lowest BCUT2D eigenvalue weighted by molar-refractivity contribution is 0.0970. The van der Waals surface area contributed by atoms with Crippen LogP contribution < -0.4 is 5.32 Å². The minimum absolute atomic E-state index is 0.0347. The first-order chi connectivity index (χ1) is 14.1. The van der Waals surface area contributed by atoms with Crippen LogP contribution >= 0.6 is 23.2 Å². The number of hydrogen-bond donors (Lipinski definition) is 3. The number of carbonyl (C=O) groups excluding carboxylic acids is 2. The van der Waals surface area contributed by atoms with E-state index in [1.54, 1.807) is 0 Å². The molecule has 30 heavy (non-hydrogen) atoms. The fourth-order valence-electron chi connectivity index (χ4n) is 3.16. The van der Waals surface area contributed by atoms with Crippen LogP contribution in [0.15, 0.2) is 30.3 Å². The van der Waals surface area contributed by atoms with Crippen molar-refractivity contribution >= 4 is 46.1 Å². The molecule has 152 valence electrons. The van der Waals surface area contributed by atoms with Gasteiger partial charge in [0.25, 0.3) is 0 Å². The smallest absolute Gasteiger partial charge is 0.197 e. The zero-order valence-electron chi connectivity index (χ0n) is 14.5. The zero-order chi connectivity index (χ0) is 21.9. The van der Waals surface area contributed by atoms with Crippen molar-refractivity contribution in [3.05, 3.63) is 80.1 Å². The fraction of sp³-hybridized carbons (Fsp3) is 0. The van der Waals surface area contributed by atoms with Gasteiger partial charge in [0.2, 0.25) is 0 Å². The van der Waals surface area contributed by atoms with Gasteiger partial charge in [0.05, 0.1) is 26.9 Å². The topological polar surface area (TPSA) is 86.6 Å². The summed E-state index contributed by atoms with van der Waals surface area (Å²) < 4.78 is 44.7. The van der Waals surface area contributed by atoms with Gasteiger partial charge in [0, 0.05) is 11.1 Å². The molecular formula is C20H8Cl2F3NO4. The molecule has 0 unspecified atom stereocenters. The SMILES string of the molecule is O=C1c2cc(O)c(O)cc2C(=O)c2c(F)c(Nc3c(Cl)cccc3Cl)c(F)c(F)c21. The first-order valence-corrected chi connectivity index (χ1v) is 8.96. The molecule has 0 atom stereocenters. The summed E-state index contributed by atoms with van der Waals surface area (Å²) in [6.45, 7) is 0. The average molecular weight is 454 g/mol. The number of benzene rings is 3. The molecule has 0 heterocycles. The van der Waals surface area contributed by atoms with Crippen molar-refractivity contribution in [3.8, 4) is 11.5 Å². The third kappa shape index (κ3) is 2.79. The number of rotatable bonds is 2. The van der Waals surface area contributed by atoms with Crippen molar-refractivity contribution in [1.82, 2.24) is 0 Å². The molecule has 0 aliphatic heterocycles. The quantitative estimate of drug-likeness (QED) is 0.281. The number of fused-ring (bicyclic) bond motifs is 2. The predicted octanol–water partition coefficient (Wildman–Crippen LogP) is 5.34. The lowest BCUT2D eigenvalue weighted by atomic mass is 9.82. The monoisotopic (exact) mass is 453 g/mol. The van der Waals surface area contributed by atoms with Gasteiger partial charge in [-0.25, -0.2) is 13.2 Å². The highest BCUT2D eigenvalue weighted by Crippen LogP contribution is 2.41. The predicted molar refractivity (Wildman–Crippen MR) is 103 cm³/mol. The molecular weight excluding hydrogens is 446 g/mol. The molecule has 0 amide bonds. The molecule has 0 spiro atoms. The van der Waals surface area contributed by atoms with Crippen molar-refractivity contribution in [3.63, 3.8) is 0 Å². The van der Waals surface area contributed by atoms with E-state index in [2.05, 4.69) is 5.32 Å². The molecule has 0 bridgehead atoms. The van der Waals surface area contributed by atoms with Crippen molar-refractivity contribution in [2.45, 2.75) is 0 Å². The molecule has 5 nitrogen and oxygen atoms in total. The number of phenolic OH excluding ortho intramolecular Hbond substituents is 2. The maximum absolute atomic E-state index is 15.2. The molecule has 0 fully saturated rings. The molecule has 4 rings (SSSR count). The number of aromatic hydroxyl groups is 2. The fourth-order valence-corrected chi connectivity index (χ4v) is 3.65. The molecule has 3 aromatic carbocycles. The van der Waals surface area contributed by atoms with Gasteiger partial charge in [0.1, 0.15) is 5.69 Å². The minimum atomic E-state index is -1.77. The Morgan fingerprint density at radius 3 is 1.70 bits per heavy atom. The van der Waals surface area contributed by atoms with Crippen LogP contribution in [0.5, 0.6) is 11.5 Å². The van der Waals surface area contributed by atoms with Crippen molar-refractivity contribution in [2.75, 3.05) is 5.32 Å². The Balaban J connectivity index is 1.97. The highest BCUT2D eigenvalue weighted by atomic mass is 35.5. The van der Waals surface area contributed by atoms with Crippen LogP contribution in [0.3, 0.4) is 0 Å². The lowest BCUT2D eigenvalue weighted by Gasteiger charge is -2.22. The van der Waals surface area contributed by atoms with Crippen molar-refractivity contribution in [2.24, 2.45) is 0 Å². The van der Waals surface area contributed by atoms with E-state index in [1.807, 2.05) is 0 Å². The van der Waals surface area contributed by atoms with E-state index in [9.17, 15) is 28.6 Å². The lowest BCUT2D eigenvalue weighted by Crippen LogP contribution is -2.25. The summed E-state index contributed by atoms with van der Waals surface area (Å²) in [6.07, 6.45) is 0. The average Bonchev–Trinajstić information content (AvgIpc) is 2.69. The highest BCUT2D eigenvalue weighted by Gasteiger charge is 2.39. The van der Waals surface area contributed by atoms with Crippen LogP contribution in [-0.4, -0.2) is 21.8 Å². The molecule has 0 radical (unpaired) electrons. The van der Waals surface area contributed by atoms with Crippen molar-refractivity contribution < 1.29 is 33.0 Å². The van der Waals surface area contributed by atoms with Crippen LogP contribution in [0.1, 0.15) is 31.8 Å². The number of carbonyl (C=O) groups is 2. The Hall–Kier alpha value is -3.23. The standard InChI is InChI=1S/C20H8Cl2F3NO4/c21-8-2-1-3-9(22)17(8)26-18-15(24)13-12(14(23)16(18)25)19(29)6-4-10(27)11(28)5-7(6)20(13)30/h1-5,26-28H. The molecule has 1 aliphatic carbocycles. The van der Waals surface area contributed by atoms with Crippen LogP contribution in [0.25, 0.3) is 0 Å². The second kappa shape index (κ2) is 6.93. The van der Waals surface area contributed by atoms with Crippen molar-refractivity contribution in [1.29, 1.82) is 0 Å². The van der Waals surface area contributed by atoms with Gasteiger partial charge in [-0.05, 0) is 24.3 Å². The van der Waals surface area contributed by atoms with E-state index < -0.39 is 68.5 Å². The summed E-state index contributed by atoms with van der Waals surface area (Å²) in [6, 6.07) is 5.66. The summed E-state index contributed by atoms with van der Waals surface area (Å²) in [4.78, 5) is 25.4. The largest absolute Gasteiger partial charge is 0.504 e. The van der Waals surface area contributed by atoms with Crippen LogP contribution in [0.4, 0.5) is 24.5 Å². The zero-order valence-corrected chi connectivity index (χ0v) is 16.0. The number of halogens is 5. The van der Waals surface area contributed by atoms with E-state index in [0.717, 1.165) is 12.1 Å². The summed E-state index contributed by atoms with van der Waals surface area (Å²) in [5, 5.41) is 21.4. The maximum atomic E-state index is 15.2. The number of phenols is 2. The van der Waals surface area contributed by atoms with E-state index in [1.165, 1.54) is 18.2 Å². The molecule has 3 aromatic rings. The van der Waals surface area contributed by atoms with E-state index in [-0.39, 0.29) is 15.7 Å². The normalized spacial score (nSPS) is 12.6. The second-order valence-electron chi connectivity index (χ2n) is 6.33. The Bertz CT molecular complexity index is 1270. The Morgan fingerprint density at radius 1 is 0.733 bits per heavy atom. The molecule has 0 aromatic heterocycles. The molecule has 3 N–H and O–H groups in total. The van der Waals surface area contributed by atoms with Gasteiger partial charge in [-0.1, -0.05) is 29.3 Å². The summed E-state index contributed by atoms with van der Waals surface area (Å²) in [5.41, 5.74) is -4.35. The Kier molecular flexibility index (Phi) is 4.63. The number of para-hydroxylation sites is 1. The van der Waals surface area contributed by atoms with Crippen LogP contribution in [0.2, 0.25) is 10.0 Å². The van der Waals surface area contributed by atoms with Gasteiger partial charge in [-0.15, -0.1) is 0 Å². The molecule has 10 heteroatoms. The Morgan fingerprint density at radius 2 is 1.20 bits per heavy atom. The Labute approximate surface area is 176 Å². The number of ketones is 2. The molecule has 0 saturated carbocycles. The first kappa shape index (κ1) is 20.1. The van der Waals surface area contributed by atoms with E-state index >= 15 is 4.39 Å². The summed E-state index contributed by atoms with van der Waals surface area (Å²) in [5.74, 6) is -9.00. The van der Waals surface area contributed by atoms with Gasteiger partial charge in [-0.3, -0.25) is 9.59 Å². The molecule has 1 aliphatic rings. The second-order valence-corrected chi connectivity index (χ2v) is 7.15. The van der Waals surface area contributed by atoms with E-state index in [4.69, 9.17) is 23.2 Å². The van der Waals surface area contributed by atoms with Gasteiger partial charge in [-0.2, -0.15) is 0 Å². The summed E-state index contributed by atoms with van der Waals surface area (Å²) in [7, 11) is 0. The van der Waals surface area contributed by atoms with Gasteiger partial charge < -0.3 is 15.5 Å². The number of nitrogens with one attached hydrogen (secondary N) is 1. The highest BCUT2D eigenvalue weighted by molar-refractivity contribution is 6.39. The minimum Gasteiger partial charge on any atom is -0.504 e. The summed E-state index contributed by atoms with van der Waals surface area (Å²) >= 11 is 11.9.